The number of nitrogens with zero attached hydrogens (tertiary/aromatic N) is 1. The largest absolute Gasteiger partial charge is 0.468 e. The van der Waals surface area contributed by atoms with Crippen molar-refractivity contribution in [1.82, 2.24) is 0 Å². The second kappa shape index (κ2) is 6.62. The van der Waals surface area contributed by atoms with Crippen LogP contribution in [-0.2, 0) is 9.59 Å². The topological polar surface area (TPSA) is 50.5 Å². The molecule has 0 fully saturated rings. The fraction of sp³-hybridized carbons (Fsp3) is 0.333. The zero-order valence-electron chi connectivity index (χ0n) is 16.0. The SMILES string of the molecule is Cc1ccc(N2C3=C(C(=O)CCC3)C(c3ccco3)C3=C2CCCC3=O)cc1. The molecule has 0 unspecified atom stereocenters. The summed E-state index contributed by atoms with van der Waals surface area (Å²) in [6.07, 6.45) is 6.09. The fourth-order valence-corrected chi connectivity index (χ4v) is 4.87. The number of furan rings is 1. The van der Waals surface area contributed by atoms with Crippen LogP contribution in [0.25, 0.3) is 0 Å². The van der Waals surface area contributed by atoms with Crippen LogP contribution >= 0.6 is 0 Å². The third kappa shape index (κ3) is 2.59. The molecule has 0 amide bonds. The minimum absolute atomic E-state index is 0.143. The molecular formula is C24H23NO3. The first kappa shape index (κ1) is 17.2. The summed E-state index contributed by atoms with van der Waals surface area (Å²) in [6, 6.07) is 12.1. The van der Waals surface area contributed by atoms with Crippen LogP contribution in [0.15, 0.2) is 69.6 Å². The van der Waals surface area contributed by atoms with Crippen LogP contribution in [0.5, 0.6) is 0 Å². The molecule has 0 saturated carbocycles. The number of rotatable bonds is 2. The molecule has 2 aliphatic carbocycles. The van der Waals surface area contributed by atoms with Gasteiger partial charge in [-0.15, -0.1) is 0 Å². The summed E-state index contributed by atoms with van der Waals surface area (Å²) in [5.41, 5.74) is 5.85. The molecule has 0 spiro atoms. The summed E-state index contributed by atoms with van der Waals surface area (Å²) in [4.78, 5) is 28.4. The number of aryl methyl sites for hydroxylation is 1. The first-order chi connectivity index (χ1) is 13.6. The highest BCUT2D eigenvalue weighted by molar-refractivity contribution is 6.07. The van der Waals surface area contributed by atoms with E-state index in [1.54, 1.807) is 6.26 Å². The van der Waals surface area contributed by atoms with Crippen LogP contribution in [0.4, 0.5) is 5.69 Å². The molecule has 1 aromatic carbocycles. The molecule has 0 radical (unpaired) electrons. The summed E-state index contributed by atoms with van der Waals surface area (Å²) >= 11 is 0. The number of ketones is 2. The van der Waals surface area contributed by atoms with E-state index in [2.05, 4.69) is 36.1 Å². The van der Waals surface area contributed by atoms with Crippen LogP contribution in [0.2, 0.25) is 0 Å². The predicted molar refractivity (Wildman–Crippen MR) is 107 cm³/mol. The van der Waals surface area contributed by atoms with Crippen molar-refractivity contribution in [2.24, 2.45) is 0 Å². The monoisotopic (exact) mass is 373 g/mol. The van der Waals surface area contributed by atoms with Gasteiger partial charge in [0.25, 0.3) is 0 Å². The Bertz CT molecular complexity index is 965. The predicted octanol–water partition coefficient (Wildman–Crippen LogP) is 5.21. The molecule has 0 atom stereocenters. The van der Waals surface area contributed by atoms with E-state index in [0.29, 0.717) is 18.6 Å². The highest BCUT2D eigenvalue weighted by Crippen LogP contribution is 2.50. The van der Waals surface area contributed by atoms with Gasteiger partial charge in [0.1, 0.15) is 5.76 Å². The molecule has 0 N–H and O–H groups in total. The van der Waals surface area contributed by atoms with Gasteiger partial charge < -0.3 is 9.32 Å². The van der Waals surface area contributed by atoms with Gasteiger partial charge in [-0.3, -0.25) is 9.59 Å². The molecule has 142 valence electrons. The van der Waals surface area contributed by atoms with Crippen LogP contribution in [0, 0.1) is 6.92 Å². The maximum Gasteiger partial charge on any atom is 0.161 e. The van der Waals surface area contributed by atoms with Gasteiger partial charge in [-0.1, -0.05) is 17.7 Å². The number of carbonyl (C=O) groups is 2. The molecule has 0 saturated heterocycles. The molecule has 4 nitrogen and oxygen atoms in total. The van der Waals surface area contributed by atoms with Gasteiger partial charge in [0, 0.05) is 41.1 Å². The molecule has 0 bridgehead atoms. The van der Waals surface area contributed by atoms with E-state index in [9.17, 15) is 9.59 Å². The molecule has 5 rings (SSSR count). The molecule has 3 aliphatic rings. The lowest BCUT2D eigenvalue weighted by atomic mass is 9.72. The van der Waals surface area contributed by atoms with Crippen molar-refractivity contribution >= 4 is 17.3 Å². The molecule has 1 aromatic heterocycles. The van der Waals surface area contributed by atoms with Crippen molar-refractivity contribution in [3.63, 3.8) is 0 Å². The molecule has 2 aromatic rings. The first-order valence-corrected chi connectivity index (χ1v) is 10.1. The molecule has 2 heterocycles. The quantitative estimate of drug-likeness (QED) is 0.725. The molecule has 1 aliphatic heterocycles. The van der Waals surface area contributed by atoms with Crippen LogP contribution in [0.3, 0.4) is 0 Å². The maximum atomic E-state index is 13.1. The summed E-state index contributed by atoms with van der Waals surface area (Å²) in [5, 5.41) is 0. The van der Waals surface area contributed by atoms with E-state index < -0.39 is 0 Å². The van der Waals surface area contributed by atoms with E-state index in [1.807, 2.05) is 12.1 Å². The van der Waals surface area contributed by atoms with E-state index in [1.165, 1.54) is 5.56 Å². The van der Waals surface area contributed by atoms with Gasteiger partial charge in [-0.25, -0.2) is 0 Å². The molecular weight excluding hydrogens is 350 g/mol. The zero-order chi connectivity index (χ0) is 19.3. The Kier molecular flexibility index (Phi) is 4.08. The lowest BCUT2D eigenvalue weighted by Gasteiger charge is -2.43. The second-order valence-corrected chi connectivity index (χ2v) is 7.89. The number of allylic oxidation sites excluding steroid dienone is 4. The summed E-state index contributed by atoms with van der Waals surface area (Å²) < 4.78 is 5.73. The fourth-order valence-electron chi connectivity index (χ4n) is 4.87. The van der Waals surface area contributed by atoms with Gasteiger partial charge in [0.2, 0.25) is 0 Å². The first-order valence-electron chi connectivity index (χ1n) is 10.1. The Morgan fingerprint density at radius 2 is 1.46 bits per heavy atom. The Morgan fingerprint density at radius 3 is 2.00 bits per heavy atom. The van der Waals surface area contributed by atoms with Crippen molar-refractivity contribution in [2.45, 2.75) is 51.4 Å². The van der Waals surface area contributed by atoms with Gasteiger partial charge in [-0.05, 0) is 56.9 Å². The van der Waals surface area contributed by atoms with Crippen LogP contribution in [-0.4, -0.2) is 11.6 Å². The number of Topliss-reactive ketones (excluding diaryl/α,β-unsaturated/α-hetero) is 2. The summed E-state index contributed by atoms with van der Waals surface area (Å²) in [5.74, 6) is 0.630. The third-order valence-corrected chi connectivity index (χ3v) is 6.09. The van der Waals surface area contributed by atoms with Crippen molar-refractivity contribution in [2.75, 3.05) is 4.90 Å². The van der Waals surface area contributed by atoms with Crippen LogP contribution < -0.4 is 4.90 Å². The maximum absolute atomic E-state index is 13.1. The summed E-state index contributed by atoms with van der Waals surface area (Å²) in [7, 11) is 0. The van der Waals surface area contributed by atoms with E-state index in [0.717, 1.165) is 53.9 Å². The smallest absolute Gasteiger partial charge is 0.161 e. The van der Waals surface area contributed by atoms with Gasteiger partial charge in [-0.2, -0.15) is 0 Å². The number of hydrogen-bond donors (Lipinski definition) is 0. The average Bonchev–Trinajstić information content (AvgIpc) is 3.22. The van der Waals surface area contributed by atoms with Gasteiger partial charge in [0.05, 0.1) is 12.2 Å². The number of hydrogen-bond acceptors (Lipinski definition) is 4. The van der Waals surface area contributed by atoms with E-state index >= 15 is 0 Å². The number of benzene rings is 1. The van der Waals surface area contributed by atoms with Crippen molar-refractivity contribution in [3.8, 4) is 0 Å². The van der Waals surface area contributed by atoms with Crippen molar-refractivity contribution < 1.29 is 14.0 Å². The van der Waals surface area contributed by atoms with Crippen molar-refractivity contribution in [1.29, 1.82) is 0 Å². The van der Waals surface area contributed by atoms with Gasteiger partial charge >= 0.3 is 0 Å². The lowest BCUT2D eigenvalue weighted by Crippen LogP contribution is -2.39. The van der Waals surface area contributed by atoms with Gasteiger partial charge in [0.15, 0.2) is 11.6 Å². The second-order valence-electron chi connectivity index (χ2n) is 7.89. The highest BCUT2D eigenvalue weighted by atomic mass is 16.3. The van der Waals surface area contributed by atoms with Crippen molar-refractivity contribution in [3.05, 3.63) is 76.5 Å². The van der Waals surface area contributed by atoms with Crippen LogP contribution in [0.1, 0.15) is 55.8 Å². The number of anilines is 1. The lowest BCUT2D eigenvalue weighted by molar-refractivity contribution is -0.117. The van der Waals surface area contributed by atoms with E-state index in [4.69, 9.17) is 4.42 Å². The average molecular weight is 373 g/mol. The number of carbonyl (C=O) groups excluding carboxylic acids is 2. The molecule has 28 heavy (non-hydrogen) atoms. The normalized spacial score (nSPS) is 20.5. The Morgan fingerprint density at radius 1 is 0.857 bits per heavy atom. The Balaban J connectivity index is 1.78. The molecule has 4 heteroatoms. The standard InChI is InChI=1S/C24H23NO3/c1-15-10-12-16(13-11-15)25-17-5-2-7-19(26)22(17)24(21-9-4-14-28-21)23-18(25)6-3-8-20(23)27/h4,9-14,24H,2-3,5-8H2,1H3. The minimum atomic E-state index is -0.359. The summed E-state index contributed by atoms with van der Waals surface area (Å²) in [6.45, 7) is 2.07. The Labute approximate surface area is 164 Å². The zero-order valence-corrected chi connectivity index (χ0v) is 16.0. The van der Waals surface area contributed by atoms with E-state index in [-0.39, 0.29) is 17.5 Å². The third-order valence-electron chi connectivity index (χ3n) is 6.09. The minimum Gasteiger partial charge on any atom is -0.468 e. The highest BCUT2D eigenvalue weighted by Gasteiger charge is 2.44. The Hall–Kier alpha value is -2.88.